The van der Waals surface area contributed by atoms with Crippen molar-refractivity contribution in [3.63, 3.8) is 0 Å². The van der Waals surface area contributed by atoms with Crippen LogP contribution in [0.3, 0.4) is 0 Å². The number of nitrogens with zero attached hydrogens (tertiary/aromatic N) is 2. The highest BCUT2D eigenvalue weighted by atomic mass is 15.2. The normalized spacial score (nSPS) is 13.2. The Morgan fingerprint density at radius 3 is 2.34 bits per heavy atom. The van der Waals surface area contributed by atoms with Crippen LogP contribution in [0.15, 0.2) is 66.9 Å². The van der Waals surface area contributed by atoms with Gasteiger partial charge in [0, 0.05) is 24.2 Å². The summed E-state index contributed by atoms with van der Waals surface area (Å²) in [5, 5.41) is 9.05. The first-order valence-corrected chi connectivity index (χ1v) is 10.5. The van der Waals surface area contributed by atoms with E-state index in [1.165, 1.54) is 22.4 Å². The highest BCUT2D eigenvalue weighted by Crippen LogP contribution is 2.10. The van der Waals surface area contributed by atoms with Crippen LogP contribution in [0.25, 0.3) is 0 Å². The maximum absolute atomic E-state index is 9.05. The van der Waals surface area contributed by atoms with Crippen molar-refractivity contribution >= 4 is 0 Å². The van der Waals surface area contributed by atoms with E-state index in [1.807, 2.05) is 12.1 Å². The monoisotopic (exact) mass is 386 g/mol. The first kappa shape index (κ1) is 20.9. The summed E-state index contributed by atoms with van der Waals surface area (Å²) in [6.07, 6.45) is 2.19. The number of aromatic nitrogens is 1. The Kier molecular flexibility index (Phi) is 6.90. The summed E-state index contributed by atoms with van der Waals surface area (Å²) in [7, 11) is 0. The predicted octanol–water partition coefficient (Wildman–Crippen LogP) is 4.35. The first-order valence-electron chi connectivity index (χ1n) is 10.5. The zero-order valence-corrected chi connectivity index (χ0v) is 18.0. The zero-order valence-electron chi connectivity index (χ0n) is 18.0. The lowest BCUT2D eigenvalue weighted by molar-refractivity contribution is -0.954. The Balaban J connectivity index is 1.79. The molecule has 0 aliphatic rings. The highest BCUT2D eigenvalue weighted by Gasteiger charge is 2.23. The largest absolute Gasteiger partial charge is 0.342 e. The van der Waals surface area contributed by atoms with Crippen molar-refractivity contribution in [1.82, 2.24) is 4.57 Å². The molecule has 0 amide bonds. The van der Waals surface area contributed by atoms with Crippen molar-refractivity contribution in [2.75, 3.05) is 0 Å². The lowest BCUT2D eigenvalue weighted by Gasteiger charge is -2.29. The Hall–Kier alpha value is -2.83. The Morgan fingerprint density at radius 1 is 0.931 bits per heavy atom. The second-order valence-corrected chi connectivity index (χ2v) is 8.47. The number of benzene rings is 2. The average Bonchev–Trinajstić information content (AvgIpc) is 3.14. The fraction of sp³-hybridized carbons (Fsp3) is 0.346. The van der Waals surface area contributed by atoms with E-state index in [0.29, 0.717) is 12.0 Å². The quantitative estimate of drug-likeness (QED) is 0.614. The van der Waals surface area contributed by atoms with Gasteiger partial charge in [0.05, 0.1) is 23.4 Å². The predicted molar refractivity (Wildman–Crippen MR) is 119 cm³/mol. The molecule has 3 aromatic rings. The van der Waals surface area contributed by atoms with E-state index in [9.17, 15) is 0 Å². The van der Waals surface area contributed by atoms with Crippen LogP contribution in [0, 0.1) is 24.2 Å². The maximum atomic E-state index is 9.05. The molecule has 1 aromatic heterocycles. The van der Waals surface area contributed by atoms with Crippen LogP contribution in [-0.4, -0.2) is 10.6 Å². The molecule has 3 rings (SSSR count). The standard InChI is InChI=1S/C26H31N3/c1-20(2)22(4)29(17-24-12-10-23(16-27)11-13-24)19-26-9-6-14-28(26)18-25-8-5-7-21(3)15-25/h5-15,20,22H,17-19H2,1-4H3/p+1/t22-/m1/s1. The fourth-order valence-electron chi connectivity index (χ4n) is 3.82. The molecule has 1 N–H and O–H groups in total. The lowest BCUT2D eigenvalue weighted by Crippen LogP contribution is -3.13. The number of nitrogens with one attached hydrogen (secondary N) is 1. The minimum Gasteiger partial charge on any atom is -0.342 e. The van der Waals surface area contributed by atoms with Crippen LogP contribution in [-0.2, 0) is 19.6 Å². The Bertz CT molecular complexity index is 960. The second-order valence-electron chi connectivity index (χ2n) is 8.47. The molecule has 2 atom stereocenters. The molecule has 0 fully saturated rings. The molecule has 1 heterocycles. The molecule has 0 saturated carbocycles. The highest BCUT2D eigenvalue weighted by molar-refractivity contribution is 5.31. The smallest absolute Gasteiger partial charge is 0.118 e. The van der Waals surface area contributed by atoms with Gasteiger partial charge in [-0.2, -0.15) is 5.26 Å². The molecule has 29 heavy (non-hydrogen) atoms. The SMILES string of the molecule is Cc1cccc(Cn2cccc2C[NH+](Cc2ccc(C#N)cc2)[C@H](C)C(C)C)c1. The molecule has 0 bridgehead atoms. The zero-order chi connectivity index (χ0) is 20.8. The van der Waals surface area contributed by atoms with Crippen molar-refractivity contribution in [2.45, 2.75) is 53.4 Å². The van der Waals surface area contributed by atoms with Crippen LogP contribution in [0.1, 0.15) is 48.7 Å². The van der Waals surface area contributed by atoms with Crippen molar-refractivity contribution in [2.24, 2.45) is 5.92 Å². The van der Waals surface area contributed by atoms with E-state index in [4.69, 9.17) is 5.26 Å². The van der Waals surface area contributed by atoms with Crippen molar-refractivity contribution < 1.29 is 4.90 Å². The third kappa shape index (κ3) is 5.59. The number of aryl methyl sites for hydroxylation is 1. The molecule has 0 saturated heterocycles. The Labute approximate surface area is 175 Å². The van der Waals surface area contributed by atoms with Crippen LogP contribution < -0.4 is 4.90 Å². The van der Waals surface area contributed by atoms with Gasteiger partial charge < -0.3 is 9.47 Å². The third-order valence-corrected chi connectivity index (χ3v) is 5.93. The number of hydrogen-bond acceptors (Lipinski definition) is 1. The fourth-order valence-corrected chi connectivity index (χ4v) is 3.82. The van der Waals surface area contributed by atoms with Crippen molar-refractivity contribution in [3.05, 3.63) is 94.8 Å². The molecule has 0 spiro atoms. The van der Waals surface area contributed by atoms with Gasteiger partial charge in [-0.1, -0.05) is 55.8 Å². The first-order chi connectivity index (χ1) is 14.0. The molecule has 0 radical (unpaired) electrons. The summed E-state index contributed by atoms with van der Waals surface area (Å²) in [5.74, 6) is 0.601. The minimum atomic E-state index is 0.535. The van der Waals surface area contributed by atoms with E-state index in [-0.39, 0.29) is 0 Å². The van der Waals surface area contributed by atoms with Crippen LogP contribution in [0.2, 0.25) is 0 Å². The third-order valence-electron chi connectivity index (χ3n) is 5.93. The van der Waals surface area contributed by atoms with Gasteiger partial charge in [0.2, 0.25) is 0 Å². The number of hydrogen-bond donors (Lipinski definition) is 1. The van der Waals surface area contributed by atoms with Crippen LogP contribution in [0.5, 0.6) is 0 Å². The Morgan fingerprint density at radius 2 is 1.69 bits per heavy atom. The molecule has 1 unspecified atom stereocenters. The molecule has 150 valence electrons. The van der Waals surface area contributed by atoms with E-state index < -0.39 is 0 Å². The van der Waals surface area contributed by atoms with Gasteiger partial charge >= 0.3 is 0 Å². The molecule has 3 nitrogen and oxygen atoms in total. The number of quaternary nitrogens is 1. The van der Waals surface area contributed by atoms with E-state index in [2.05, 4.69) is 93.1 Å². The lowest BCUT2D eigenvalue weighted by atomic mass is 10.0. The second kappa shape index (κ2) is 9.58. The molecule has 0 aliphatic heterocycles. The number of nitriles is 1. The molecule has 2 aromatic carbocycles. The van der Waals surface area contributed by atoms with Crippen molar-refractivity contribution in [3.8, 4) is 6.07 Å². The van der Waals surface area contributed by atoms with Crippen LogP contribution in [0.4, 0.5) is 0 Å². The minimum absolute atomic E-state index is 0.535. The summed E-state index contributed by atoms with van der Waals surface area (Å²) in [5.41, 5.74) is 6.01. The summed E-state index contributed by atoms with van der Waals surface area (Å²) >= 11 is 0. The van der Waals surface area contributed by atoms with Gasteiger partial charge in [0.1, 0.15) is 13.1 Å². The van der Waals surface area contributed by atoms with Gasteiger partial charge in [-0.3, -0.25) is 0 Å². The molecule has 3 heteroatoms. The summed E-state index contributed by atoms with van der Waals surface area (Å²) in [6, 6.07) is 23.9. The molecular weight excluding hydrogens is 354 g/mol. The van der Waals surface area contributed by atoms with Gasteiger partial charge in [-0.15, -0.1) is 0 Å². The van der Waals surface area contributed by atoms with E-state index in [0.717, 1.165) is 25.2 Å². The molecule has 0 aliphatic carbocycles. The topological polar surface area (TPSA) is 33.2 Å². The van der Waals surface area contributed by atoms with E-state index in [1.54, 1.807) is 4.90 Å². The van der Waals surface area contributed by atoms with Gasteiger partial charge in [-0.25, -0.2) is 0 Å². The summed E-state index contributed by atoms with van der Waals surface area (Å²) < 4.78 is 2.38. The average molecular weight is 387 g/mol. The maximum Gasteiger partial charge on any atom is 0.118 e. The molecular formula is C26H32N3+. The summed E-state index contributed by atoms with van der Waals surface area (Å²) in [6.45, 7) is 11.9. The van der Waals surface area contributed by atoms with Gasteiger partial charge in [0.15, 0.2) is 0 Å². The van der Waals surface area contributed by atoms with E-state index >= 15 is 0 Å². The van der Waals surface area contributed by atoms with Gasteiger partial charge in [0.25, 0.3) is 0 Å². The van der Waals surface area contributed by atoms with Gasteiger partial charge in [-0.05, 0) is 43.7 Å². The van der Waals surface area contributed by atoms with Crippen LogP contribution >= 0.6 is 0 Å². The summed E-state index contributed by atoms with van der Waals surface area (Å²) in [4.78, 5) is 1.55. The number of rotatable bonds is 8. The van der Waals surface area contributed by atoms with Crippen molar-refractivity contribution in [1.29, 1.82) is 5.26 Å².